The summed E-state index contributed by atoms with van der Waals surface area (Å²) < 4.78 is 5.78. The number of anilines is 1. The van der Waals surface area contributed by atoms with Crippen LogP contribution in [0.15, 0.2) is 52.4 Å². The van der Waals surface area contributed by atoms with Crippen LogP contribution < -0.4 is 4.90 Å². The average molecular weight is 453 g/mol. The molecule has 1 fully saturated rings. The van der Waals surface area contributed by atoms with E-state index in [2.05, 4.69) is 58.0 Å². The average Bonchev–Trinajstić information content (AvgIpc) is 3.28. The first kappa shape index (κ1) is 22.3. The predicted molar refractivity (Wildman–Crippen MR) is 125 cm³/mol. The van der Waals surface area contributed by atoms with E-state index >= 15 is 0 Å². The molecule has 1 amide bonds. The van der Waals surface area contributed by atoms with Crippen molar-refractivity contribution >= 4 is 23.6 Å². The molecule has 32 heavy (non-hydrogen) atoms. The van der Waals surface area contributed by atoms with Crippen LogP contribution >= 0.6 is 11.8 Å². The Kier molecular flexibility index (Phi) is 6.74. The number of rotatable bonds is 6. The molecule has 3 heterocycles. The third-order valence-electron chi connectivity index (χ3n) is 5.41. The van der Waals surface area contributed by atoms with Crippen LogP contribution in [-0.2, 0) is 10.2 Å². The number of amides is 1. The van der Waals surface area contributed by atoms with Crippen LogP contribution in [0.25, 0.3) is 11.5 Å². The SMILES string of the molecule is CC(C)(C)c1ccc(-c2nnc(SCCC(=O)N3CCN(c4ncccn4)CC3)o2)cc1. The molecule has 0 radical (unpaired) electrons. The predicted octanol–water partition coefficient (Wildman–Crippen LogP) is 3.66. The van der Waals surface area contributed by atoms with Crippen LogP contribution in [0.1, 0.15) is 32.8 Å². The van der Waals surface area contributed by atoms with Gasteiger partial charge in [0.05, 0.1) is 0 Å². The monoisotopic (exact) mass is 452 g/mol. The summed E-state index contributed by atoms with van der Waals surface area (Å²) in [6.07, 6.45) is 3.91. The van der Waals surface area contributed by atoms with Crippen molar-refractivity contribution < 1.29 is 9.21 Å². The summed E-state index contributed by atoms with van der Waals surface area (Å²) in [6, 6.07) is 10.00. The highest BCUT2D eigenvalue weighted by Gasteiger charge is 2.22. The van der Waals surface area contributed by atoms with Gasteiger partial charge in [0.2, 0.25) is 17.7 Å². The van der Waals surface area contributed by atoms with Crippen molar-refractivity contribution in [2.45, 2.75) is 37.8 Å². The maximum absolute atomic E-state index is 12.6. The number of thioether (sulfide) groups is 1. The van der Waals surface area contributed by atoms with Crippen molar-refractivity contribution in [3.8, 4) is 11.5 Å². The second kappa shape index (κ2) is 9.68. The van der Waals surface area contributed by atoms with Crippen molar-refractivity contribution in [3.05, 3.63) is 48.3 Å². The van der Waals surface area contributed by atoms with E-state index in [0.29, 0.717) is 36.4 Å². The van der Waals surface area contributed by atoms with Crippen LogP contribution in [0, 0.1) is 0 Å². The first-order valence-electron chi connectivity index (χ1n) is 10.8. The maximum atomic E-state index is 12.6. The first-order chi connectivity index (χ1) is 15.4. The lowest BCUT2D eigenvalue weighted by Gasteiger charge is -2.34. The van der Waals surface area contributed by atoms with Gasteiger partial charge < -0.3 is 14.2 Å². The topological polar surface area (TPSA) is 88.3 Å². The summed E-state index contributed by atoms with van der Waals surface area (Å²) in [6.45, 7) is 9.38. The Bertz CT molecular complexity index is 1020. The van der Waals surface area contributed by atoms with E-state index < -0.39 is 0 Å². The highest BCUT2D eigenvalue weighted by molar-refractivity contribution is 7.99. The van der Waals surface area contributed by atoms with Crippen molar-refractivity contribution in [1.82, 2.24) is 25.1 Å². The number of benzene rings is 1. The lowest BCUT2D eigenvalue weighted by Crippen LogP contribution is -2.49. The number of hydrogen-bond acceptors (Lipinski definition) is 8. The standard InChI is InChI=1S/C23H28N6O2S/c1-23(2,3)18-7-5-17(6-8-18)20-26-27-22(31-20)32-16-9-19(30)28-12-14-29(15-13-28)21-24-10-4-11-25-21/h4-8,10-11H,9,12-16H2,1-3H3. The molecule has 1 aliphatic heterocycles. The number of hydrogen-bond donors (Lipinski definition) is 0. The fourth-order valence-corrected chi connectivity index (χ4v) is 4.18. The number of aromatic nitrogens is 4. The first-order valence-corrected chi connectivity index (χ1v) is 11.8. The second-order valence-corrected chi connectivity index (χ2v) is 9.76. The summed E-state index contributed by atoms with van der Waals surface area (Å²) in [5.74, 6) is 1.96. The largest absolute Gasteiger partial charge is 0.411 e. The third-order valence-corrected chi connectivity index (χ3v) is 6.23. The van der Waals surface area contributed by atoms with Crippen LogP contribution in [0.4, 0.5) is 5.95 Å². The zero-order valence-corrected chi connectivity index (χ0v) is 19.5. The summed E-state index contributed by atoms with van der Waals surface area (Å²) in [7, 11) is 0. The summed E-state index contributed by atoms with van der Waals surface area (Å²) in [5.41, 5.74) is 2.25. The zero-order chi connectivity index (χ0) is 22.6. The summed E-state index contributed by atoms with van der Waals surface area (Å²) in [4.78, 5) is 25.1. The van der Waals surface area contributed by atoms with E-state index in [1.165, 1.54) is 17.3 Å². The Labute approximate surface area is 192 Å². The Morgan fingerprint density at radius 1 is 1.03 bits per heavy atom. The molecular formula is C23H28N6O2S. The number of carbonyl (C=O) groups is 1. The van der Waals surface area contributed by atoms with E-state index in [0.717, 1.165) is 24.6 Å². The molecule has 0 bridgehead atoms. The molecule has 2 aromatic heterocycles. The molecular weight excluding hydrogens is 424 g/mol. The van der Waals surface area contributed by atoms with Crippen LogP contribution in [0.2, 0.25) is 0 Å². The molecule has 0 atom stereocenters. The molecule has 1 aliphatic rings. The molecule has 1 aromatic carbocycles. The molecule has 0 aliphatic carbocycles. The summed E-state index contributed by atoms with van der Waals surface area (Å²) in [5, 5.41) is 8.76. The van der Waals surface area contributed by atoms with E-state index in [4.69, 9.17) is 4.42 Å². The lowest BCUT2D eigenvalue weighted by molar-refractivity contribution is -0.131. The molecule has 0 unspecified atom stereocenters. The minimum Gasteiger partial charge on any atom is -0.411 e. The third kappa shape index (κ3) is 5.45. The summed E-state index contributed by atoms with van der Waals surface area (Å²) >= 11 is 1.41. The van der Waals surface area contributed by atoms with Gasteiger partial charge in [-0.3, -0.25) is 4.79 Å². The minimum atomic E-state index is 0.100. The molecule has 168 valence electrons. The molecule has 1 saturated heterocycles. The van der Waals surface area contributed by atoms with Gasteiger partial charge in [0.25, 0.3) is 5.22 Å². The normalized spacial score (nSPS) is 14.6. The highest BCUT2D eigenvalue weighted by atomic mass is 32.2. The quantitative estimate of drug-likeness (QED) is 0.524. The van der Waals surface area contributed by atoms with Crippen molar-refractivity contribution in [3.63, 3.8) is 0 Å². The number of carbonyl (C=O) groups excluding carboxylic acids is 1. The Hall–Kier alpha value is -2.94. The van der Waals surface area contributed by atoms with Crippen LogP contribution in [0.5, 0.6) is 0 Å². The zero-order valence-electron chi connectivity index (χ0n) is 18.7. The van der Waals surface area contributed by atoms with Crippen molar-refractivity contribution in [1.29, 1.82) is 0 Å². The van der Waals surface area contributed by atoms with Gasteiger partial charge >= 0.3 is 0 Å². The molecule has 0 saturated carbocycles. The molecule has 9 heteroatoms. The number of piperazine rings is 1. The molecule has 0 N–H and O–H groups in total. The van der Waals surface area contributed by atoms with E-state index in [-0.39, 0.29) is 11.3 Å². The fraction of sp³-hybridized carbons (Fsp3) is 0.435. The maximum Gasteiger partial charge on any atom is 0.276 e. The van der Waals surface area contributed by atoms with Gasteiger partial charge in [-0.05, 0) is 29.2 Å². The van der Waals surface area contributed by atoms with E-state index in [1.54, 1.807) is 18.5 Å². The van der Waals surface area contributed by atoms with Crippen molar-refractivity contribution in [2.24, 2.45) is 0 Å². The Morgan fingerprint density at radius 2 is 1.72 bits per heavy atom. The second-order valence-electron chi connectivity index (χ2n) is 8.72. The van der Waals surface area contributed by atoms with Gasteiger partial charge in [0.1, 0.15) is 0 Å². The minimum absolute atomic E-state index is 0.100. The van der Waals surface area contributed by atoms with E-state index in [1.807, 2.05) is 17.0 Å². The molecule has 0 spiro atoms. The van der Waals surface area contributed by atoms with Crippen molar-refractivity contribution in [2.75, 3.05) is 36.8 Å². The number of nitrogens with zero attached hydrogens (tertiary/aromatic N) is 6. The van der Waals surface area contributed by atoms with E-state index in [9.17, 15) is 4.79 Å². The molecule has 8 nitrogen and oxygen atoms in total. The smallest absolute Gasteiger partial charge is 0.276 e. The van der Waals surface area contributed by atoms with Gasteiger partial charge in [-0.2, -0.15) is 0 Å². The van der Waals surface area contributed by atoms with Gasteiger partial charge in [-0.1, -0.05) is 44.7 Å². The van der Waals surface area contributed by atoms with Gasteiger partial charge in [0.15, 0.2) is 0 Å². The highest BCUT2D eigenvalue weighted by Crippen LogP contribution is 2.27. The fourth-order valence-electron chi connectivity index (χ4n) is 3.49. The Balaban J connectivity index is 1.23. The molecule has 4 rings (SSSR count). The lowest BCUT2D eigenvalue weighted by atomic mass is 9.87. The van der Waals surface area contributed by atoms with Crippen LogP contribution in [0.3, 0.4) is 0 Å². The molecule has 3 aromatic rings. The Morgan fingerprint density at radius 3 is 2.38 bits per heavy atom. The van der Waals surface area contributed by atoms with Gasteiger partial charge in [0, 0.05) is 56.3 Å². The van der Waals surface area contributed by atoms with Crippen LogP contribution in [-0.4, -0.2) is 62.9 Å². The van der Waals surface area contributed by atoms with Gasteiger partial charge in [-0.15, -0.1) is 10.2 Å². The van der Waals surface area contributed by atoms with Gasteiger partial charge in [-0.25, -0.2) is 9.97 Å².